The maximum Gasteiger partial charge on any atom is 0.305 e. The van der Waals surface area contributed by atoms with Gasteiger partial charge in [0.15, 0.2) is 0 Å². The van der Waals surface area contributed by atoms with E-state index < -0.39 is 6.04 Å². The number of carbonyl (C=O) groups is 2. The van der Waals surface area contributed by atoms with Gasteiger partial charge in [0.25, 0.3) is 0 Å². The molecule has 8 heteroatoms. The summed E-state index contributed by atoms with van der Waals surface area (Å²) in [5, 5.41) is 6.71. The van der Waals surface area contributed by atoms with E-state index in [4.69, 9.17) is 10.3 Å². The zero-order valence-corrected chi connectivity index (χ0v) is 20.7. The molecule has 8 nitrogen and oxygen atoms in total. The molecule has 0 spiro atoms. The standard InChI is InChI=1S/C26H40N4O4/c1-3-4-5-6-7-8-9-10-12-20-15-17-21(18-16-20)25-29-23(34-30-25)19-28-26(32)22(27)13-11-14-24(31)33-2/h15-18,22H,3-14,19,27H2,1-2H3,(H,28,32)/t22-/m0/s1. The number of unbranched alkanes of at least 4 members (excludes halogenated alkanes) is 7. The van der Waals surface area contributed by atoms with Crippen molar-refractivity contribution in [3.63, 3.8) is 0 Å². The molecule has 2 aromatic rings. The van der Waals surface area contributed by atoms with Gasteiger partial charge in [-0.2, -0.15) is 4.98 Å². The summed E-state index contributed by atoms with van der Waals surface area (Å²) < 4.78 is 9.83. The lowest BCUT2D eigenvalue weighted by molar-refractivity contribution is -0.140. The largest absolute Gasteiger partial charge is 0.469 e. The molecule has 1 aromatic carbocycles. The molecule has 1 amide bonds. The third-order valence-corrected chi connectivity index (χ3v) is 5.87. The molecule has 1 heterocycles. The highest BCUT2D eigenvalue weighted by atomic mass is 16.5. The van der Waals surface area contributed by atoms with Crippen molar-refractivity contribution in [3.05, 3.63) is 35.7 Å². The van der Waals surface area contributed by atoms with Gasteiger partial charge in [0.1, 0.15) is 0 Å². The monoisotopic (exact) mass is 472 g/mol. The van der Waals surface area contributed by atoms with Crippen molar-refractivity contribution in [3.8, 4) is 11.4 Å². The van der Waals surface area contributed by atoms with E-state index in [0.29, 0.717) is 24.6 Å². The molecule has 0 bridgehead atoms. The van der Waals surface area contributed by atoms with Gasteiger partial charge in [0.05, 0.1) is 19.7 Å². The summed E-state index contributed by atoms with van der Waals surface area (Å²) >= 11 is 0. The number of aryl methyl sites for hydroxylation is 1. The van der Waals surface area contributed by atoms with Crippen molar-refractivity contribution < 1.29 is 18.8 Å². The van der Waals surface area contributed by atoms with Crippen molar-refractivity contribution in [2.24, 2.45) is 5.73 Å². The molecule has 188 valence electrons. The average molecular weight is 473 g/mol. The second kappa shape index (κ2) is 16.0. The van der Waals surface area contributed by atoms with Crippen molar-refractivity contribution in [2.75, 3.05) is 7.11 Å². The number of methoxy groups -OCH3 is 1. The number of amides is 1. The number of aromatic nitrogens is 2. The van der Waals surface area contributed by atoms with Crippen LogP contribution in [-0.2, 0) is 27.3 Å². The lowest BCUT2D eigenvalue weighted by Gasteiger charge is -2.10. The number of ether oxygens (including phenoxy) is 1. The summed E-state index contributed by atoms with van der Waals surface area (Å²) in [6, 6.07) is 7.53. The molecule has 1 aromatic heterocycles. The number of hydrogen-bond acceptors (Lipinski definition) is 7. The van der Waals surface area contributed by atoms with Gasteiger partial charge in [-0.05, 0) is 31.2 Å². The summed E-state index contributed by atoms with van der Waals surface area (Å²) in [6.45, 7) is 2.35. The van der Waals surface area contributed by atoms with Crippen LogP contribution in [0.15, 0.2) is 28.8 Å². The molecule has 0 aliphatic rings. The van der Waals surface area contributed by atoms with E-state index in [1.54, 1.807) is 0 Å². The molecule has 0 saturated carbocycles. The van der Waals surface area contributed by atoms with Gasteiger partial charge >= 0.3 is 5.97 Å². The first-order valence-electron chi connectivity index (χ1n) is 12.6. The number of esters is 1. The Morgan fingerprint density at radius 3 is 2.38 bits per heavy atom. The van der Waals surface area contributed by atoms with Crippen LogP contribution in [0.2, 0.25) is 0 Å². The zero-order chi connectivity index (χ0) is 24.6. The fraction of sp³-hybridized carbons (Fsp3) is 0.615. The smallest absolute Gasteiger partial charge is 0.305 e. The molecule has 0 aliphatic carbocycles. The van der Waals surface area contributed by atoms with Crippen LogP contribution in [0, 0.1) is 0 Å². The second-order valence-corrected chi connectivity index (χ2v) is 8.73. The first-order valence-corrected chi connectivity index (χ1v) is 12.6. The van der Waals surface area contributed by atoms with Gasteiger partial charge in [-0.25, -0.2) is 0 Å². The van der Waals surface area contributed by atoms with Gasteiger partial charge in [-0.3, -0.25) is 9.59 Å². The zero-order valence-electron chi connectivity index (χ0n) is 20.7. The highest BCUT2D eigenvalue weighted by molar-refractivity contribution is 5.81. The van der Waals surface area contributed by atoms with E-state index in [1.165, 1.54) is 64.0 Å². The van der Waals surface area contributed by atoms with E-state index in [2.05, 4.69) is 39.3 Å². The van der Waals surface area contributed by atoms with Crippen LogP contribution in [0.5, 0.6) is 0 Å². The predicted molar refractivity (Wildman–Crippen MR) is 132 cm³/mol. The van der Waals surface area contributed by atoms with Crippen LogP contribution in [0.3, 0.4) is 0 Å². The first kappa shape index (κ1) is 27.5. The van der Waals surface area contributed by atoms with Gasteiger partial charge in [-0.15, -0.1) is 0 Å². The molecule has 0 aliphatic heterocycles. The number of rotatable bonds is 17. The average Bonchev–Trinajstić information content (AvgIpc) is 3.33. The molecule has 0 fully saturated rings. The Kier molecular flexibility index (Phi) is 12.9. The molecule has 3 N–H and O–H groups in total. The second-order valence-electron chi connectivity index (χ2n) is 8.73. The summed E-state index contributed by atoms with van der Waals surface area (Å²) in [4.78, 5) is 27.6. The van der Waals surface area contributed by atoms with Crippen LogP contribution < -0.4 is 11.1 Å². The van der Waals surface area contributed by atoms with Crippen molar-refractivity contribution in [2.45, 2.75) is 96.6 Å². The predicted octanol–water partition coefficient (Wildman–Crippen LogP) is 4.71. The number of nitrogens with one attached hydrogen (secondary N) is 1. The van der Waals surface area contributed by atoms with E-state index in [-0.39, 0.29) is 24.8 Å². The Hall–Kier alpha value is -2.74. The van der Waals surface area contributed by atoms with E-state index in [9.17, 15) is 9.59 Å². The topological polar surface area (TPSA) is 120 Å². The summed E-state index contributed by atoms with van der Waals surface area (Å²) in [7, 11) is 1.33. The molecular formula is C26H40N4O4. The Morgan fingerprint density at radius 2 is 1.71 bits per heavy atom. The van der Waals surface area contributed by atoms with Crippen molar-refractivity contribution >= 4 is 11.9 Å². The lowest BCUT2D eigenvalue weighted by atomic mass is 10.0. The molecule has 0 unspecified atom stereocenters. The van der Waals surface area contributed by atoms with E-state index >= 15 is 0 Å². The molecule has 0 saturated heterocycles. The number of benzene rings is 1. The third-order valence-electron chi connectivity index (χ3n) is 5.87. The first-order chi connectivity index (χ1) is 16.5. The van der Waals surface area contributed by atoms with Crippen LogP contribution in [0.25, 0.3) is 11.4 Å². The fourth-order valence-electron chi connectivity index (χ4n) is 3.72. The minimum Gasteiger partial charge on any atom is -0.469 e. The lowest BCUT2D eigenvalue weighted by Crippen LogP contribution is -2.40. The Bertz CT molecular complexity index is 851. The minimum absolute atomic E-state index is 0.104. The number of hydrogen-bond donors (Lipinski definition) is 2. The van der Waals surface area contributed by atoms with Gasteiger partial charge < -0.3 is 20.3 Å². The van der Waals surface area contributed by atoms with Crippen LogP contribution in [0.1, 0.15) is 89.0 Å². The number of nitrogens with zero attached hydrogens (tertiary/aromatic N) is 2. The van der Waals surface area contributed by atoms with Gasteiger partial charge in [0, 0.05) is 12.0 Å². The quantitative estimate of drug-likeness (QED) is 0.253. The van der Waals surface area contributed by atoms with Crippen molar-refractivity contribution in [1.29, 1.82) is 0 Å². The highest BCUT2D eigenvalue weighted by Crippen LogP contribution is 2.18. The van der Waals surface area contributed by atoms with E-state index in [0.717, 1.165) is 12.0 Å². The fourth-order valence-corrected chi connectivity index (χ4v) is 3.72. The molecule has 2 rings (SSSR count). The molecule has 34 heavy (non-hydrogen) atoms. The maximum absolute atomic E-state index is 12.1. The maximum atomic E-state index is 12.1. The van der Waals surface area contributed by atoms with Crippen molar-refractivity contribution in [1.82, 2.24) is 15.5 Å². The van der Waals surface area contributed by atoms with Crippen LogP contribution >= 0.6 is 0 Å². The SMILES string of the molecule is CCCCCCCCCCc1ccc(-c2noc(CNC(=O)[C@@H](N)CCCC(=O)OC)n2)cc1. The highest BCUT2D eigenvalue weighted by Gasteiger charge is 2.16. The molecule has 1 atom stereocenters. The summed E-state index contributed by atoms with van der Waals surface area (Å²) in [5.41, 5.74) is 8.05. The number of carbonyl (C=O) groups excluding carboxylic acids is 2. The Balaban J connectivity index is 1.69. The molecule has 0 radical (unpaired) electrons. The minimum atomic E-state index is -0.708. The summed E-state index contributed by atoms with van der Waals surface area (Å²) in [5.74, 6) is 0.167. The van der Waals surface area contributed by atoms with Crippen LogP contribution in [0.4, 0.5) is 0 Å². The van der Waals surface area contributed by atoms with Crippen LogP contribution in [-0.4, -0.2) is 35.2 Å². The van der Waals surface area contributed by atoms with Gasteiger partial charge in [0.2, 0.25) is 17.6 Å². The Morgan fingerprint density at radius 1 is 1.03 bits per heavy atom. The third kappa shape index (κ3) is 10.5. The normalized spacial score (nSPS) is 11.9. The summed E-state index contributed by atoms with van der Waals surface area (Å²) in [6.07, 6.45) is 12.8. The Labute approximate surface area is 203 Å². The van der Waals surface area contributed by atoms with E-state index in [1.807, 2.05) is 12.1 Å². The molecular weight excluding hydrogens is 432 g/mol. The van der Waals surface area contributed by atoms with Gasteiger partial charge in [-0.1, -0.05) is 81.3 Å². The number of nitrogens with two attached hydrogens (primary N) is 1.